The van der Waals surface area contributed by atoms with E-state index in [1.807, 2.05) is 32.6 Å². The number of hydrogen-bond acceptors (Lipinski definition) is 7. The number of carbonyl (C=O) groups is 1. The van der Waals surface area contributed by atoms with Gasteiger partial charge in [0.1, 0.15) is 10.7 Å². The largest absolute Gasteiger partial charge is 0.379 e. The first-order valence-corrected chi connectivity index (χ1v) is 12.5. The van der Waals surface area contributed by atoms with Crippen molar-refractivity contribution in [3.05, 3.63) is 18.3 Å². The highest BCUT2D eigenvalue weighted by atomic mass is 32.2. The Morgan fingerprint density at radius 2 is 1.65 bits per heavy atom. The van der Waals surface area contributed by atoms with Gasteiger partial charge in [0, 0.05) is 57.5 Å². The van der Waals surface area contributed by atoms with Crippen LogP contribution in [-0.2, 0) is 19.6 Å². The van der Waals surface area contributed by atoms with Crippen molar-refractivity contribution in [3.8, 4) is 0 Å². The summed E-state index contributed by atoms with van der Waals surface area (Å²) in [6.07, 6.45) is 1.44. The van der Waals surface area contributed by atoms with Gasteiger partial charge >= 0.3 is 0 Å². The highest BCUT2D eigenvalue weighted by Crippen LogP contribution is 2.20. The lowest BCUT2D eigenvalue weighted by Crippen LogP contribution is -2.52. The van der Waals surface area contributed by atoms with Crippen molar-refractivity contribution in [1.29, 1.82) is 0 Å². The Kier molecular flexibility index (Phi) is 7.90. The van der Waals surface area contributed by atoms with Crippen LogP contribution < -0.4 is 4.90 Å². The first-order valence-electron chi connectivity index (χ1n) is 11.0. The number of pyridine rings is 1. The van der Waals surface area contributed by atoms with Crippen molar-refractivity contribution >= 4 is 21.7 Å². The van der Waals surface area contributed by atoms with E-state index in [9.17, 15) is 13.2 Å². The Morgan fingerprint density at radius 3 is 2.16 bits per heavy atom. The maximum atomic E-state index is 12.7. The van der Waals surface area contributed by atoms with Crippen molar-refractivity contribution < 1.29 is 17.9 Å². The van der Waals surface area contributed by atoms with Crippen molar-refractivity contribution in [1.82, 2.24) is 19.1 Å². The number of sulfonamides is 1. The van der Waals surface area contributed by atoms with Gasteiger partial charge in [0.25, 0.3) is 0 Å². The van der Waals surface area contributed by atoms with Crippen LogP contribution in [0.1, 0.15) is 27.7 Å². The molecule has 2 aliphatic rings. The summed E-state index contributed by atoms with van der Waals surface area (Å²) in [5, 5.41) is 0. The highest BCUT2D eigenvalue weighted by Gasteiger charge is 2.28. The van der Waals surface area contributed by atoms with Gasteiger partial charge in [0.15, 0.2) is 0 Å². The summed E-state index contributed by atoms with van der Waals surface area (Å²) in [6.45, 7) is 13.2. The summed E-state index contributed by atoms with van der Waals surface area (Å²) in [6, 6.07) is 3.77. The van der Waals surface area contributed by atoms with E-state index in [1.54, 1.807) is 12.1 Å². The molecule has 2 fully saturated rings. The van der Waals surface area contributed by atoms with Crippen LogP contribution in [0.4, 0.5) is 5.82 Å². The van der Waals surface area contributed by atoms with Gasteiger partial charge in [-0.3, -0.25) is 9.69 Å². The molecule has 0 unspecified atom stereocenters. The van der Waals surface area contributed by atoms with E-state index in [0.29, 0.717) is 32.8 Å². The molecule has 31 heavy (non-hydrogen) atoms. The zero-order valence-corrected chi connectivity index (χ0v) is 19.8. The zero-order valence-electron chi connectivity index (χ0n) is 19.0. The summed E-state index contributed by atoms with van der Waals surface area (Å²) in [5.74, 6) is 0.923. The van der Waals surface area contributed by atoms with E-state index in [-0.39, 0.29) is 22.9 Å². The van der Waals surface area contributed by atoms with E-state index in [4.69, 9.17) is 4.74 Å². The number of morpholine rings is 1. The van der Waals surface area contributed by atoms with Gasteiger partial charge in [-0.25, -0.2) is 13.4 Å². The minimum atomic E-state index is -3.53. The molecule has 174 valence electrons. The van der Waals surface area contributed by atoms with Gasteiger partial charge in [-0.2, -0.15) is 4.31 Å². The second kappa shape index (κ2) is 10.2. The summed E-state index contributed by atoms with van der Waals surface area (Å²) in [7, 11) is -3.53. The first kappa shape index (κ1) is 23.9. The normalized spacial score (nSPS) is 19.2. The van der Waals surface area contributed by atoms with E-state index in [1.165, 1.54) is 10.5 Å². The molecule has 0 saturated carbocycles. The van der Waals surface area contributed by atoms with Crippen LogP contribution >= 0.6 is 0 Å². The molecule has 1 aromatic heterocycles. The molecule has 3 heterocycles. The molecule has 0 bridgehead atoms. The van der Waals surface area contributed by atoms with Crippen LogP contribution in [0.3, 0.4) is 0 Å². The lowest BCUT2D eigenvalue weighted by molar-refractivity contribution is -0.136. The fraction of sp³-hybridized carbons (Fsp3) is 0.714. The molecular weight excluding hydrogens is 418 g/mol. The minimum Gasteiger partial charge on any atom is -0.379 e. The number of anilines is 1. The third kappa shape index (κ3) is 5.74. The molecule has 0 radical (unpaired) electrons. The molecule has 0 aliphatic carbocycles. The van der Waals surface area contributed by atoms with Crippen molar-refractivity contribution in [2.24, 2.45) is 0 Å². The Hall–Kier alpha value is -1.75. The molecule has 0 atom stereocenters. The number of aromatic nitrogens is 1. The van der Waals surface area contributed by atoms with Crippen LogP contribution in [0.25, 0.3) is 0 Å². The number of nitrogens with zero attached hydrogens (tertiary/aromatic N) is 5. The SMILES string of the molecule is CC(C)N(C(=O)CN1CCN(c2ccc(S(=O)(=O)N3CCOCC3)cn2)CC1)C(C)C. The molecule has 3 rings (SSSR count). The van der Waals surface area contributed by atoms with Crippen molar-refractivity contribution in [2.75, 3.05) is 63.9 Å². The van der Waals surface area contributed by atoms with Gasteiger partial charge in [-0.05, 0) is 39.8 Å². The van der Waals surface area contributed by atoms with E-state index < -0.39 is 10.0 Å². The predicted molar refractivity (Wildman–Crippen MR) is 120 cm³/mol. The Balaban J connectivity index is 1.56. The molecule has 0 aromatic carbocycles. The Bertz CT molecular complexity index is 822. The van der Waals surface area contributed by atoms with Crippen LogP contribution in [0.2, 0.25) is 0 Å². The zero-order chi connectivity index (χ0) is 22.6. The fourth-order valence-electron chi connectivity index (χ4n) is 4.23. The van der Waals surface area contributed by atoms with Crippen LogP contribution in [0.5, 0.6) is 0 Å². The summed E-state index contributed by atoms with van der Waals surface area (Å²) >= 11 is 0. The smallest absolute Gasteiger partial charge is 0.244 e. The molecule has 2 saturated heterocycles. The third-order valence-electron chi connectivity index (χ3n) is 5.78. The Labute approximate surface area is 186 Å². The molecule has 0 spiro atoms. The summed E-state index contributed by atoms with van der Waals surface area (Å²) in [5.41, 5.74) is 0. The maximum absolute atomic E-state index is 12.7. The van der Waals surface area contributed by atoms with E-state index in [2.05, 4.69) is 14.8 Å². The molecule has 0 N–H and O–H groups in total. The number of rotatable bonds is 7. The number of carbonyl (C=O) groups excluding carboxylic acids is 1. The standard InChI is InChI=1S/C21H35N5O4S/c1-17(2)26(18(3)4)21(27)16-23-7-9-24(10-8-23)20-6-5-19(15-22-20)31(28,29)25-11-13-30-14-12-25/h5-6,15,17-18H,7-14,16H2,1-4H3. The van der Waals surface area contributed by atoms with Gasteiger partial charge in [-0.1, -0.05) is 0 Å². The van der Waals surface area contributed by atoms with Gasteiger partial charge in [0.05, 0.1) is 19.8 Å². The lowest BCUT2D eigenvalue weighted by atomic mass is 10.2. The predicted octanol–water partition coefficient (Wildman–Crippen LogP) is 0.870. The number of hydrogen-bond donors (Lipinski definition) is 0. The molecule has 1 amide bonds. The van der Waals surface area contributed by atoms with Gasteiger partial charge < -0.3 is 14.5 Å². The first-order chi connectivity index (χ1) is 14.7. The van der Waals surface area contributed by atoms with E-state index >= 15 is 0 Å². The van der Waals surface area contributed by atoms with Crippen LogP contribution in [0.15, 0.2) is 23.2 Å². The average Bonchev–Trinajstić information content (AvgIpc) is 2.74. The molecule has 10 heteroatoms. The number of ether oxygens (including phenoxy) is 1. The summed E-state index contributed by atoms with van der Waals surface area (Å²) < 4.78 is 32.2. The van der Waals surface area contributed by atoms with Gasteiger partial charge in [-0.15, -0.1) is 0 Å². The summed E-state index contributed by atoms with van der Waals surface area (Å²) in [4.78, 5) is 23.6. The van der Waals surface area contributed by atoms with Crippen molar-refractivity contribution in [3.63, 3.8) is 0 Å². The molecule has 1 aromatic rings. The highest BCUT2D eigenvalue weighted by molar-refractivity contribution is 7.89. The van der Waals surface area contributed by atoms with Gasteiger partial charge in [0.2, 0.25) is 15.9 Å². The topological polar surface area (TPSA) is 86.3 Å². The van der Waals surface area contributed by atoms with Crippen molar-refractivity contribution in [2.45, 2.75) is 44.7 Å². The third-order valence-corrected chi connectivity index (χ3v) is 7.67. The average molecular weight is 454 g/mol. The molecule has 2 aliphatic heterocycles. The number of piperazine rings is 1. The van der Waals surface area contributed by atoms with Crippen LogP contribution in [-0.4, -0.2) is 105 Å². The van der Waals surface area contributed by atoms with E-state index in [0.717, 1.165) is 32.0 Å². The molecular formula is C21H35N5O4S. The second-order valence-corrected chi connectivity index (χ2v) is 10.6. The second-order valence-electron chi connectivity index (χ2n) is 8.62. The molecule has 9 nitrogen and oxygen atoms in total. The fourth-order valence-corrected chi connectivity index (χ4v) is 5.58. The van der Waals surface area contributed by atoms with Crippen LogP contribution in [0, 0.1) is 0 Å². The monoisotopic (exact) mass is 453 g/mol. The number of amides is 1. The quantitative estimate of drug-likeness (QED) is 0.605. The lowest BCUT2D eigenvalue weighted by Gasteiger charge is -2.37. The minimum absolute atomic E-state index is 0.161. The maximum Gasteiger partial charge on any atom is 0.244 e. The Morgan fingerprint density at radius 1 is 1.03 bits per heavy atom.